The molecule has 0 unspecified atom stereocenters. The van der Waals surface area contributed by atoms with E-state index in [1.54, 1.807) is 0 Å². The van der Waals surface area contributed by atoms with Gasteiger partial charge in [0, 0.05) is 80.3 Å². The molecule has 2 fully saturated rings. The first-order valence-electron chi connectivity index (χ1n) is 12.5. The van der Waals surface area contributed by atoms with Gasteiger partial charge in [0.25, 0.3) is 0 Å². The zero-order chi connectivity index (χ0) is 26.2. The second-order valence-electron chi connectivity index (χ2n) is 9.04. The Morgan fingerprint density at radius 1 is 0.658 bits per heavy atom. The van der Waals surface area contributed by atoms with Crippen LogP contribution in [0.4, 0.5) is 11.6 Å². The normalized spacial score (nSPS) is 15.7. The quantitative estimate of drug-likeness (QED) is 0.349. The Kier molecular flexibility index (Phi) is 11.6. The van der Waals surface area contributed by atoms with Crippen LogP contribution in [-0.4, -0.2) is 86.5 Å². The maximum absolute atomic E-state index is 7.00. The molecule has 2 saturated heterocycles. The number of nitrogens with zero attached hydrogens (tertiary/aromatic N) is 5. The van der Waals surface area contributed by atoms with Crippen molar-refractivity contribution in [2.45, 2.75) is 0 Å². The monoisotopic (exact) mass is 576 g/mol. The van der Waals surface area contributed by atoms with Crippen molar-refractivity contribution in [3.8, 4) is 0 Å². The Balaban J connectivity index is 0.000000193. The number of likely N-dealkylation sites (N-methyl/N-ethyl adjacent to an activating group) is 1. The van der Waals surface area contributed by atoms with Crippen molar-refractivity contribution in [2.75, 3.05) is 76.3 Å². The van der Waals surface area contributed by atoms with Gasteiger partial charge >= 0.3 is 0 Å². The van der Waals surface area contributed by atoms with Gasteiger partial charge in [-0.05, 0) is 67.7 Å². The second kappa shape index (κ2) is 14.7. The van der Waals surface area contributed by atoms with Crippen LogP contribution in [0.1, 0.15) is 0 Å². The summed E-state index contributed by atoms with van der Waals surface area (Å²) in [6, 6.07) is 20.0. The Labute approximate surface area is 240 Å². The fraction of sp³-hybridized carbons (Fsp3) is 0.357. The van der Waals surface area contributed by atoms with Gasteiger partial charge in [-0.15, -0.1) is 12.4 Å². The molecule has 4 heterocycles. The van der Waals surface area contributed by atoms with Gasteiger partial charge in [0.15, 0.2) is 0 Å². The van der Waals surface area contributed by atoms with Crippen LogP contribution in [-0.2, 0) is 0 Å². The number of halogens is 3. The van der Waals surface area contributed by atoms with E-state index >= 15 is 0 Å². The molecule has 2 aromatic carbocycles. The van der Waals surface area contributed by atoms with Crippen LogP contribution in [0.25, 0.3) is 21.8 Å². The zero-order valence-electron chi connectivity index (χ0n) is 21.8. The highest BCUT2D eigenvalue weighted by Crippen LogP contribution is 2.23. The third kappa shape index (κ3) is 7.82. The van der Waals surface area contributed by atoms with E-state index < -0.39 is 0 Å². The second-order valence-corrected chi connectivity index (χ2v) is 9.91. The molecule has 2 N–H and O–H groups in total. The minimum Gasteiger partial charge on any atom is -0.400 e. The van der Waals surface area contributed by atoms with Gasteiger partial charge in [-0.2, -0.15) is 0 Å². The van der Waals surface area contributed by atoms with Crippen LogP contribution in [0.2, 0.25) is 10.0 Å². The Hall–Kier alpha value is -2.39. The number of pyridine rings is 2. The number of anilines is 2. The van der Waals surface area contributed by atoms with E-state index in [1.165, 1.54) is 0 Å². The van der Waals surface area contributed by atoms with Crippen molar-refractivity contribution in [2.24, 2.45) is 0 Å². The SMILES string of the molecule is CN1CCN(c2ccc3cc(Cl)ccc3n2)CC1.CO.Cl.Clc1ccc2nc(N3CCNCC3)ccc2c1. The van der Waals surface area contributed by atoms with E-state index in [-0.39, 0.29) is 12.4 Å². The molecule has 0 aliphatic carbocycles. The summed E-state index contributed by atoms with van der Waals surface area (Å²) in [5.41, 5.74) is 2.02. The topological polar surface area (TPSA) is 67.8 Å². The Bertz CT molecular complexity index is 1310. The smallest absolute Gasteiger partial charge is 0.129 e. The van der Waals surface area contributed by atoms with Gasteiger partial charge < -0.3 is 25.1 Å². The molecule has 10 heteroatoms. The lowest BCUT2D eigenvalue weighted by atomic mass is 10.2. The van der Waals surface area contributed by atoms with Gasteiger partial charge in [0.2, 0.25) is 0 Å². The van der Waals surface area contributed by atoms with E-state index in [0.717, 1.165) is 103 Å². The predicted molar refractivity (Wildman–Crippen MR) is 164 cm³/mol. The molecule has 0 atom stereocenters. The fourth-order valence-electron chi connectivity index (χ4n) is 4.45. The van der Waals surface area contributed by atoms with Crippen molar-refractivity contribution in [3.63, 3.8) is 0 Å². The lowest BCUT2D eigenvalue weighted by Gasteiger charge is -2.33. The average Bonchev–Trinajstić information content (AvgIpc) is 2.95. The van der Waals surface area contributed by atoms with E-state index in [1.807, 2.05) is 36.4 Å². The van der Waals surface area contributed by atoms with E-state index in [0.29, 0.717) is 0 Å². The summed E-state index contributed by atoms with van der Waals surface area (Å²) in [5, 5.41) is 14.1. The molecule has 0 amide bonds. The highest BCUT2D eigenvalue weighted by atomic mass is 35.5. The molecule has 7 nitrogen and oxygen atoms in total. The number of aliphatic hydroxyl groups is 1. The molecule has 0 saturated carbocycles. The molecule has 2 aliphatic rings. The highest BCUT2D eigenvalue weighted by Gasteiger charge is 2.15. The first-order valence-corrected chi connectivity index (χ1v) is 13.3. The van der Waals surface area contributed by atoms with Crippen LogP contribution >= 0.6 is 35.6 Å². The van der Waals surface area contributed by atoms with E-state index in [4.69, 9.17) is 33.3 Å². The van der Waals surface area contributed by atoms with Crippen molar-refractivity contribution < 1.29 is 5.11 Å². The molecule has 6 rings (SSSR count). The standard InChI is InChI=1S/C14H16ClN3.C13H14ClN3.CH4O.ClH/c1-17-6-8-18(9-7-17)14-5-2-11-10-12(15)3-4-13(11)16-14;14-11-2-3-12-10(9-11)1-4-13(16-12)17-7-5-15-6-8-17;1-2;/h2-5,10H,6-9H2,1H3;1-4,9,15H,5-8H2;2H,1H3;1H. The minimum absolute atomic E-state index is 0. The first-order chi connectivity index (χ1) is 18.0. The van der Waals surface area contributed by atoms with E-state index in [9.17, 15) is 0 Å². The third-order valence-corrected chi connectivity index (χ3v) is 7.01. The highest BCUT2D eigenvalue weighted by molar-refractivity contribution is 6.31. The summed E-state index contributed by atoms with van der Waals surface area (Å²) in [6.45, 7) is 8.38. The van der Waals surface area contributed by atoms with Gasteiger partial charge in [0.05, 0.1) is 11.0 Å². The molecule has 204 valence electrons. The molecule has 0 spiro atoms. The summed E-state index contributed by atoms with van der Waals surface area (Å²) in [6.07, 6.45) is 0. The summed E-state index contributed by atoms with van der Waals surface area (Å²) in [4.78, 5) is 16.4. The number of rotatable bonds is 2. The number of piperazine rings is 2. The van der Waals surface area contributed by atoms with Crippen LogP contribution in [0.3, 0.4) is 0 Å². The summed E-state index contributed by atoms with van der Waals surface area (Å²) >= 11 is 11.9. The minimum atomic E-state index is 0. The first kappa shape index (κ1) is 30.2. The molecular weight excluding hydrogens is 543 g/mol. The molecule has 0 bridgehead atoms. The van der Waals surface area contributed by atoms with Gasteiger partial charge in [-0.25, -0.2) is 9.97 Å². The Morgan fingerprint density at radius 3 is 1.58 bits per heavy atom. The van der Waals surface area contributed by atoms with Crippen LogP contribution < -0.4 is 15.1 Å². The van der Waals surface area contributed by atoms with Crippen molar-refractivity contribution >= 4 is 69.1 Å². The maximum Gasteiger partial charge on any atom is 0.129 e. The number of fused-ring (bicyclic) bond motifs is 2. The average molecular weight is 578 g/mol. The summed E-state index contributed by atoms with van der Waals surface area (Å²) < 4.78 is 0. The van der Waals surface area contributed by atoms with Gasteiger partial charge in [-0.1, -0.05) is 23.2 Å². The number of hydrogen-bond donors (Lipinski definition) is 2. The van der Waals surface area contributed by atoms with E-state index in [2.05, 4.69) is 56.3 Å². The van der Waals surface area contributed by atoms with Gasteiger partial charge in [-0.3, -0.25) is 0 Å². The lowest BCUT2D eigenvalue weighted by molar-refractivity contribution is 0.312. The molecule has 2 aliphatic heterocycles. The van der Waals surface area contributed by atoms with Crippen LogP contribution in [0.5, 0.6) is 0 Å². The molecular formula is C28H35Cl3N6O. The number of nitrogens with one attached hydrogen (secondary N) is 1. The molecule has 38 heavy (non-hydrogen) atoms. The van der Waals surface area contributed by atoms with Crippen molar-refractivity contribution in [3.05, 3.63) is 70.7 Å². The largest absolute Gasteiger partial charge is 0.400 e. The number of aromatic nitrogens is 2. The van der Waals surface area contributed by atoms with Crippen LogP contribution in [0.15, 0.2) is 60.7 Å². The predicted octanol–water partition coefficient (Wildman–Crippen LogP) is 4.97. The van der Waals surface area contributed by atoms with Crippen molar-refractivity contribution in [1.82, 2.24) is 20.2 Å². The molecule has 0 radical (unpaired) electrons. The zero-order valence-corrected chi connectivity index (χ0v) is 24.1. The van der Waals surface area contributed by atoms with Crippen LogP contribution in [0, 0.1) is 0 Å². The Morgan fingerprint density at radius 2 is 1.11 bits per heavy atom. The number of benzene rings is 2. The lowest BCUT2D eigenvalue weighted by Crippen LogP contribution is -2.44. The van der Waals surface area contributed by atoms with Gasteiger partial charge in [0.1, 0.15) is 11.6 Å². The molecule has 4 aromatic rings. The van der Waals surface area contributed by atoms with Crippen molar-refractivity contribution in [1.29, 1.82) is 0 Å². The number of aliphatic hydroxyl groups excluding tert-OH is 1. The summed E-state index contributed by atoms with van der Waals surface area (Å²) in [5.74, 6) is 2.12. The number of hydrogen-bond acceptors (Lipinski definition) is 7. The third-order valence-electron chi connectivity index (χ3n) is 6.54. The molecule has 2 aromatic heterocycles. The fourth-order valence-corrected chi connectivity index (χ4v) is 4.81. The maximum atomic E-state index is 7.00. The summed E-state index contributed by atoms with van der Waals surface area (Å²) in [7, 11) is 3.16.